The summed E-state index contributed by atoms with van der Waals surface area (Å²) in [6, 6.07) is 6.23. The molecule has 4 nitrogen and oxygen atoms in total. The Morgan fingerprint density at radius 3 is 2.75 bits per heavy atom. The van der Waals surface area contributed by atoms with Crippen molar-refractivity contribution in [1.29, 1.82) is 0 Å². The van der Waals surface area contributed by atoms with Crippen molar-refractivity contribution in [2.75, 3.05) is 6.54 Å². The number of nitrogens with zero attached hydrogens (tertiary/aromatic N) is 3. The summed E-state index contributed by atoms with van der Waals surface area (Å²) >= 11 is 7.03. The minimum Gasteiger partial charge on any atom is -0.309 e. The summed E-state index contributed by atoms with van der Waals surface area (Å²) in [5.41, 5.74) is 3.05. The smallest absolute Gasteiger partial charge is 0.103 e. The summed E-state index contributed by atoms with van der Waals surface area (Å²) in [4.78, 5) is 0. The number of nitrogens with one attached hydrogen (secondary N) is 1. The van der Waals surface area contributed by atoms with Crippen LogP contribution in [0.2, 0.25) is 0 Å². The van der Waals surface area contributed by atoms with Gasteiger partial charge < -0.3 is 5.32 Å². The maximum atomic E-state index is 4.33. The Bertz CT molecular complexity index is 595. The average molecular weight is 402 g/mol. The van der Waals surface area contributed by atoms with Crippen molar-refractivity contribution in [3.05, 3.63) is 38.5 Å². The average Bonchev–Trinajstić information content (AvgIpc) is 2.78. The molecule has 0 saturated carbocycles. The Balaban J connectivity index is 2.33. The van der Waals surface area contributed by atoms with Crippen molar-refractivity contribution in [3.8, 4) is 5.69 Å². The van der Waals surface area contributed by atoms with Crippen LogP contribution in [-0.2, 0) is 0 Å². The van der Waals surface area contributed by atoms with Crippen molar-refractivity contribution in [2.24, 2.45) is 0 Å². The molecule has 1 aromatic heterocycles. The number of hydrogen-bond donors (Lipinski definition) is 1. The SMILES string of the molecule is CCCNC(C)c1nnn(-c2ccc(Br)cc2Br)c1C. The van der Waals surface area contributed by atoms with Gasteiger partial charge in [-0.05, 0) is 60.9 Å². The predicted octanol–water partition coefficient (Wildman–Crippen LogP) is 4.16. The summed E-state index contributed by atoms with van der Waals surface area (Å²) in [6.07, 6.45) is 1.11. The quantitative estimate of drug-likeness (QED) is 0.817. The fourth-order valence-electron chi connectivity index (χ4n) is 2.08. The molecule has 2 rings (SSSR count). The topological polar surface area (TPSA) is 42.7 Å². The molecule has 0 bridgehead atoms. The van der Waals surface area contributed by atoms with E-state index in [1.165, 1.54) is 0 Å². The summed E-state index contributed by atoms with van der Waals surface area (Å²) in [6.45, 7) is 7.30. The highest BCUT2D eigenvalue weighted by atomic mass is 79.9. The van der Waals surface area contributed by atoms with Gasteiger partial charge in [-0.25, -0.2) is 4.68 Å². The third-order valence-corrected chi connectivity index (χ3v) is 4.31. The number of hydrogen-bond acceptors (Lipinski definition) is 3. The molecule has 1 unspecified atom stereocenters. The third-order valence-electron chi connectivity index (χ3n) is 3.18. The zero-order chi connectivity index (χ0) is 14.7. The molecule has 1 N–H and O–H groups in total. The highest BCUT2D eigenvalue weighted by Crippen LogP contribution is 2.26. The van der Waals surface area contributed by atoms with E-state index in [4.69, 9.17) is 0 Å². The maximum absolute atomic E-state index is 4.33. The van der Waals surface area contributed by atoms with Crippen molar-refractivity contribution in [1.82, 2.24) is 20.3 Å². The summed E-state index contributed by atoms with van der Waals surface area (Å²) in [5, 5.41) is 12.1. The first-order valence-corrected chi connectivity index (χ1v) is 8.24. The lowest BCUT2D eigenvalue weighted by Gasteiger charge is -2.12. The van der Waals surface area contributed by atoms with Gasteiger partial charge in [0.05, 0.1) is 17.4 Å². The molecule has 0 amide bonds. The lowest BCUT2D eigenvalue weighted by Crippen LogP contribution is -2.20. The molecule has 20 heavy (non-hydrogen) atoms. The van der Waals surface area contributed by atoms with Gasteiger partial charge in [0.15, 0.2) is 0 Å². The van der Waals surface area contributed by atoms with Crippen LogP contribution in [0, 0.1) is 6.92 Å². The van der Waals surface area contributed by atoms with Gasteiger partial charge in [-0.3, -0.25) is 0 Å². The Kier molecular flexibility index (Phi) is 5.35. The van der Waals surface area contributed by atoms with E-state index in [1.807, 2.05) is 29.8 Å². The highest BCUT2D eigenvalue weighted by molar-refractivity contribution is 9.11. The van der Waals surface area contributed by atoms with Gasteiger partial charge in [-0.15, -0.1) is 5.10 Å². The number of aromatic nitrogens is 3. The second kappa shape index (κ2) is 6.83. The van der Waals surface area contributed by atoms with Crippen molar-refractivity contribution in [3.63, 3.8) is 0 Å². The molecular weight excluding hydrogens is 384 g/mol. The van der Waals surface area contributed by atoms with E-state index in [0.717, 1.165) is 39.0 Å². The normalized spacial score (nSPS) is 12.7. The van der Waals surface area contributed by atoms with Gasteiger partial charge >= 0.3 is 0 Å². The fourth-order valence-corrected chi connectivity index (χ4v) is 3.30. The second-order valence-electron chi connectivity index (χ2n) is 4.74. The predicted molar refractivity (Wildman–Crippen MR) is 88.2 cm³/mol. The molecule has 0 saturated heterocycles. The number of rotatable bonds is 5. The monoisotopic (exact) mass is 400 g/mol. The number of benzene rings is 1. The van der Waals surface area contributed by atoms with Crippen LogP contribution >= 0.6 is 31.9 Å². The van der Waals surface area contributed by atoms with Crippen LogP contribution in [0.15, 0.2) is 27.1 Å². The molecular formula is C14H18Br2N4. The minimum atomic E-state index is 0.206. The Labute approximate surface area is 136 Å². The van der Waals surface area contributed by atoms with E-state index in [9.17, 15) is 0 Å². The highest BCUT2D eigenvalue weighted by Gasteiger charge is 2.16. The molecule has 0 aliphatic carbocycles. The molecule has 1 heterocycles. The van der Waals surface area contributed by atoms with Gasteiger partial charge in [0.25, 0.3) is 0 Å². The zero-order valence-electron chi connectivity index (χ0n) is 11.8. The molecule has 0 aliphatic heterocycles. The molecule has 108 valence electrons. The third kappa shape index (κ3) is 3.30. The molecule has 1 aromatic carbocycles. The van der Waals surface area contributed by atoms with E-state index in [1.54, 1.807) is 0 Å². The first kappa shape index (κ1) is 15.7. The van der Waals surface area contributed by atoms with Crippen LogP contribution < -0.4 is 5.32 Å². The van der Waals surface area contributed by atoms with Crippen LogP contribution in [0.3, 0.4) is 0 Å². The lowest BCUT2D eigenvalue weighted by atomic mass is 10.2. The molecule has 0 aliphatic rings. The summed E-state index contributed by atoms with van der Waals surface area (Å²) in [7, 11) is 0. The molecule has 0 radical (unpaired) electrons. The zero-order valence-corrected chi connectivity index (χ0v) is 15.0. The summed E-state index contributed by atoms with van der Waals surface area (Å²) < 4.78 is 3.89. The van der Waals surface area contributed by atoms with Crippen LogP contribution in [0.1, 0.15) is 37.7 Å². The maximum Gasteiger partial charge on any atom is 0.103 e. The van der Waals surface area contributed by atoms with Gasteiger partial charge in [0, 0.05) is 8.95 Å². The second-order valence-corrected chi connectivity index (χ2v) is 6.51. The van der Waals surface area contributed by atoms with Gasteiger partial charge in [-0.1, -0.05) is 28.1 Å². The lowest BCUT2D eigenvalue weighted by molar-refractivity contribution is 0.555. The van der Waals surface area contributed by atoms with Gasteiger partial charge in [0.2, 0.25) is 0 Å². The van der Waals surface area contributed by atoms with Crippen LogP contribution in [0.5, 0.6) is 0 Å². The first-order chi connectivity index (χ1) is 9.54. The minimum absolute atomic E-state index is 0.206. The number of halogens is 2. The summed E-state index contributed by atoms with van der Waals surface area (Å²) in [5.74, 6) is 0. The molecule has 0 fully saturated rings. The van der Waals surface area contributed by atoms with E-state index in [2.05, 4.69) is 61.3 Å². The first-order valence-electron chi connectivity index (χ1n) is 6.65. The van der Waals surface area contributed by atoms with E-state index in [0.29, 0.717) is 0 Å². The van der Waals surface area contributed by atoms with Crippen LogP contribution in [0.25, 0.3) is 5.69 Å². The standard InChI is InChI=1S/C14H18Br2N4/c1-4-7-17-9(2)14-10(3)20(19-18-14)13-6-5-11(15)8-12(13)16/h5-6,8-9,17H,4,7H2,1-3H3. The van der Waals surface area contributed by atoms with Crippen molar-refractivity contribution >= 4 is 31.9 Å². The van der Waals surface area contributed by atoms with Crippen LogP contribution in [0.4, 0.5) is 0 Å². The van der Waals surface area contributed by atoms with Gasteiger partial charge in [-0.2, -0.15) is 0 Å². The van der Waals surface area contributed by atoms with Crippen molar-refractivity contribution < 1.29 is 0 Å². The molecule has 1 atom stereocenters. The van der Waals surface area contributed by atoms with E-state index < -0.39 is 0 Å². The molecule has 0 spiro atoms. The van der Waals surface area contributed by atoms with E-state index in [-0.39, 0.29) is 6.04 Å². The Morgan fingerprint density at radius 2 is 2.10 bits per heavy atom. The molecule has 2 aromatic rings. The van der Waals surface area contributed by atoms with Crippen molar-refractivity contribution in [2.45, 2.75) is 33.2 Å². The van der Waals surface area contributed by atoms with E-state index >= 15 is 0 Å². The Hall–Kier alpha value is -0.720. The molecule has 6 heteroatoms. The largest absolute Gasteiger partial charge is 0.309 e. The van der Waals surface area contributed by atoms with Crippen LogP contribution in [-0.4, -0.2) is 21.5 Å². The Morgan fingerprint density at radius 1 is 1.35 bits per heavy atom. The van der Waals surface area contributed by atoms with Gasteiger partial charge in [0.1, 0.15) is 5.69 Å². The fraction of sp³-hybridized carbons (Fsp3) is 0.429.